The summed E-state index contributed by atoms with van der Waals surface area (Å²) in [6.07, 6.45) is -0.0497. The van der Waals surface area contributed by atoms with Crippen molar-refractivity contribution in [1.29, 1.82) is 0 Å². The van der Waals surface area contributed by atoms with Gasteiger partial charge in [-0.15, -0.1) is 4.98 Å². The molecule has 0 bridgehead atoms. The number of anilines is 1. The Balaban J connectivity index is 2.89. The molecule has 6 nitrogen and oxygen atoms in total. The van der Waals surface area contributed by atoms with E-state index in [-0.39, 0.29) is 12.1 Å². The van der Waals surface area contributed by atoms with Crippen molar-refractivity contribution in [3.05, 3.63) is 10.5 Å². The van der Waals surface area contributed by atoms with E-state index in [9.17, 15) is 4.79 Å². The number of hydrogen-bond donors (Lipinski definition) is 2. The van der Waals surface area contributed by atoms with Crippen LogP contribution in [0.3, 0.4) is 0 Å². The van der Waals surface area contributed by atoms with E-state index in [0.717, 1.165) is 0 Å². The number of hydrogen-bond acceptors (Lipinski definition) is 5. The second kappa shape index (κ2) is 4.59. The molecule has 78 valence electrons. The Morgan fingerprint density at radius 2 is 2.21 bits per heavy atom. The maximum atomic E-state index is 11.0. The van der Waals surface area contributed by atoms with Gasteiger partial charge in [-0.2, -0.15) is 4.98 Å². The summed E-state index contributed by atoms with van der Waals surface area (Å²) in [5.41, 5.74) is -0.466. The van der Waals surface area contributed by atoms with Gasteiger partial charge in [-0.3, -0.25) is 4.98 Å². The Kier molecular flexibility index (Phi) is 3.44. The first-order valence-corrected chi connectivity index (χ1v) is 4.50. The van der Waals surface area contributed by atoms with E-state index in [4.69, 9.17) is 4.74 Å². The molecule has 1 aromatic heterocycles. The smallest absolute Gasteiger partial charge is 0.352 e. The zero-order valence-electron chi connectivity index (χ0n) is 8.50. The zero-order valence-corrected chi connectivity index (χ0v) is 8.50. The minimum Gasteiger partial charge on any atom is -0.461 e. The van der Waals surface area contributed by atoms with Crippen molar-refractivity contribution in [1.82, 2.24) is 15.0 Å². The highest BCUT2D eigenvalue weighted by Crippen LogP contribution is 2.03. The van der Waals surface area contributed by atoms with Crippen molar-refractivity contribution in [3.63, 3.8) is 0 Å². The van der Waals surface area contributed by atoms with Gasteiger partial charge >= 0.3 is 11.7 Å². The number of H-pyrrole nitrogens is 1. The Hall–Kier alpha value is -1.59. The van der Waals surface area contributed by atoms with Gasteiger partial charge in [0, 0.05) is 6.54 Å². The third-order valence-corrected chi connectivity index (χ3v) is 1.32. The molecule has 0 aromatic carbocycles. The van der Waals surface area contributed by atoms with E-state index < -0.39 is 5.69 Å². The van der Waals surface area contributed by atoms with Crippen LogP contribution in [0.1, 0.15) is 20.8 Å². The van der Waals surface area contributed by atoms with Gasteiger partial charge < -0.3 is 10.1 Å². The van der Waals surface area contributed by atoms with Gasteiger partial charge in [-0.25, -0.2) is 4.79 Å². The third-order valence-electron chi connectivity index (χ3n) is 1.32. The van der Waals surface area contributed by atoms with Crippen LogP contribution in [0.15, 0.2) is 4.79 Å². The van der Waals surface area contributed by atoms with Gasteiger partial charge in [0.25, 0.3) is 0 Å². The molecule has 1 aromatic rings. The lowest BCUT2D eigenvalue weighted by Gasteiger charge is -2.07. The van der Waals surface area contributed by atoms with Crippen LogP contribution in [0.4, 0.5) is 5.95 Å². The van der Waals surface area contributed by atoms with Crippen molar-refractivity contribution in [2.75, 3.05) is 11.9 Å². The second-order valence-electron chi connectivity index (χ2n) is 2.98. The fourth-order valence-corrected chi connectivity index (χ4v) is 0.879. The van der Waals surface area contributed by atoms with Crippen LogP contribution >= 0.6 is 0 Å². The van der Waals surface area contributed by atoms with E-state index in [1.54, 1.807) is 0 Å². The second-order valence-corrected chi connectivity index (χ2v) is 2.98. The SMILES string of the molecule is CCNc1nc(OC(C)C)nc(=O)[nH]1. The number of aromatic amines is 1. The first kappa shape index (κ1) is 10.5. The molecule has 0 amide bonds. The Morgan fingerprint density at radius 3 is 2.79 bits per heavy atom. The largest absolute Gasteiger partial charge is 0.461 e. The summed E-state index contributed by atoms with van der Waals surface area (Å²) in [6, 6.07) is 0.0969. The van der Waals surface area contributed by atoms with E-state index in [2.05, 4.69) is 20.3 Å². The highest BCUT2D eigenvalue weighted by molar-refractivity contribution is 5.23. The number of aromatic nitrogens is 3. The first-order chi connectivity index (χ1) is 6.61. The van der Waals surface area contributed by atoms with E-state index in [1.807, 2.05) is 20.8 Å². The molecular formula is C8H14N4O2. The highest BCUT2D eigenvalue weighted by Gasteiger charge is 2.04. The van der Waals surface area contributed by atoms with Gasteiger partial charge in [0.2, 0.25) is 5.95 Å². The fourth-order valence-electron chi connectivity index (χ4n) is 0.879. The van der Waals surface area contributed by atoms with E-state index in [1.165, 1.54) is 0 Å². The van der Waals surface area contributed by atoms with Crippen LogP contribution < -0.4 is 15.7 Å². The summed E-state index contributed by atoms with van der Waals surface area (Å²) in [5, 5.41) is 2.88. The molecule has 0 aliphatic rings. The fraction of sp³-hybridized carbons (Fsp3) is 0.625. The van der Waals surface area contributed by atoms with Gasteiger partial charge in [-0.05, 0) is 20.8 Å². The first-order valence-electron chi connectivity index (χ1n) is 4.50. The lowest BCUT2D eigenvalue weighted by molar-refractivity contribution is 0.221. The molecule has 2 N–H and O–H groups in total. The topological polar surface area (TPSA) is 79.9 Å². The lowest BCUT2D eigenvalue weighted by Crippen LogP contribution is -2.19. The maximum absolute atomic E-state index is 11.0. The van der Waals surface area contributed by atoms with Crippen molar-refractivity contribution < 1.29 is 4.74 Å². The predicted octanol–water partition coefficient (Wildman–Crippen LogP) is 0.384. The van der Waals surface area contributed by atoms with Gasteiger partial charge in [0.15, 0.2) is 0 Å². The molecule has 1 rings (SSSR count). The summed E-state index contributed by atoms with van der Waals surface area (Å²) in [4.78, 5) is 21.0. The van der Waals surface area contributed by atoms with Gasteiger partial charge in [0.1, 0.15) is 0 Å². The summed E-state index contributed by atoms with van der Waals surface area (Å²) >= 11 is 0. The minimum atomic E-state index is -0.466. The van der Waals surface area contributed by atoms with Crippen LogP contribution in [-0.2, 0) is 0 Å². The van der Waals surface area contributed by atoms with Crippen LogP contribution in [0, 0.1) is 0 Å². The Morgan fingerprint density at radius 1 is 1.50 bits per heavy atom. The Bertz CT molecular complexity index is 347. The molecular weight excluding hydrogens is 184 g/mol. The van der Waals surface area contributed by atoms with Crippen molar-refractivity contribution in [2.45, 2.75) is 26.9 Å². The summed E-state index contributed by atoms with van der Waals surface area (Å²) < 4.78 is 5.20. The quantitative estimate of drug-likeness (QED) is 0.731. The van der Waals surface area contributed by atoms with E-state index >= 15 is 0 Å². The average molecular weight is 198 g/mol. The molecule has 6 heteroatoms. The van der Waals surface area contributed by atoms with Crippen LogP contribution in [0.25, 0.3) is 0 Å². The standard InChI is InChI=1S/C8H14N4O2/c1-4-9-6-10-7(13)12-8(11-6)14-5(2)3/h5H,4H2,1-3H3,(H2,9,10,11,12,13). The number of nitrogens with zero attached hydrogens (tertiary/aromatic N) is 2. The van der Waals surface area contributed by atoms with Crippen LogP contribution in [0.5, 0.6) is 6.01 Å². The summed E-state index contributed by atoms with van der Waals surface area (Å²) in [5.74, 6) is 0.378. The third kappa shape index (κ3) is 3.04. The monoisotopic (exact) mass is 198 g/mol. The van der Waals surface area contributed by atoms with Crippen molar-refractivity contribution >= 4 is 5.95 Å². The molecule has 0 aliphatic carbocycles. The normalized spacial score (nSPS) is 10.3. The number of ether oxygens (including phenoxy) is 1. The molecule has 1 heterocycles. The van der Waals surface area contributed by atoms with Gasteiger partial charge in [0.05, 0.1) is 6.10 Å². The zero-order chi connectivity index (χ0) is 10.6. The average Bonchev–Trinajstić information content (AvgIpc) is 2.01. The molecule has 0 fully saturated rings. The van der Waals surface area contributed by atoms with E-state index in [0.29, 0.717) is 12.5 Å². The lowest BCUT2D eigenvalue weighted by atomic mass is 10.5. The van der Waals surface area contributed by atoms with Gasteiger partial charge in [-0.1, -0.05) is 0 Å². The van der Waals surface area contributed by atoms with Crippen LogP contribution in [0.2, 0.25) is 0 Å². The molecule has 0 atom stereocenters. The number of rotatable bonds is 4. The van der Waals surface area contributed by atoms with Crippen molar-refractivity contribution in [3.8, 4) is 6.01 Å². The summed E-state index contributed by atoms with van der Waals surface area (Å²) in [7, 11) is 0. The molecule has 0 saturated heterocycles. The minimum absolute atomic E-state index is 0.0497. The predicted molar refractivity (Wildman–Crippen MR) is 52.6 cm³/mol. The Labute approximate surface area is 81.7 Å². The highest BCUT2D eigenvalue weighted by atomic mass is 16.5. The summed E-state index contributed by atoms with van der Waals surface area (Å²) in [6.45, 7) is 6.27. The molecule has 0 saturated carbocycles. The molecule has 0 radical (unpaired) electrons. The van der Waals surface area contributed by atoms with Crippen molar-refractivity contribution in [2.24, 2.45) is 0 Å². The molecule has 0 unspecified atom stereocenters. The molecule has 14 heavy (non-hydrogen) atoms. The van der Waals surface area contributed by atoms with Crippen LogP contribution in [-0.4, -0.2) is 27.6 Å². The maximum Gasteiger partial charge on any atom is 0.352 e. The molecule has 0 aliphatic heterocycles. The number of nitrogens with one attached hydrogen (secondary N) is 2. The molecule has 0 spiro atoms.